The number of nitrogens with one attached hydrogen (secondary N) is 1. The number of hydrogen-bond acceptors (Lipinski definition) is 3. The van der Waals surface area contributed by atoms with Crippen molar-refractivity contribution in [2.24, 2.45) is 0 Å². The zero-order valence-electron chi connectivity index (χ0n) is 13.4. The van der Waals surface area contributed by atoms with Crippen LogP contribution in [0.4, 0.5) is 8.78 Å². The highest BCUT2D eigenvalue weighted by Gasteiger charge is 2.32. The lowest BCUT2D eigenvalue weighted by molar-refractivity contribution is -0.117. The van der Waals surface area contributed by atoms with Gasteiger partial charge in [0.05, 0.1) is 18.2 Å². The molecule has 3 atom stereocenters. The Bertz CT molecular complexity index is 549. The van der Waals surface area contributed by atoms with Crippen LogP contribution in [0.15, 0.2) is 30.9 Å². The van der Waals surface area contributed by atoms with E-state index >= 15 is 0 Å². The second kappa shape index (κ2) is 7.66. The SMILES string of the molecule is C=CC(=O)NCC(c1c(F)cccc1F)N1CC(C)OC(C)C1. The number of rotatable bonds is 5. The summed E-state index contributed by atoms with van der Waals surface area (Å²) in [7, 11) is 0. The monoisotopic (exact) mass is 324 g/mol. The predicted molar refractivity (Wildman–Crippen MR) is 83.9 cm³/mol. The minimum Gasteiger partial charge on any atom is -0.373 e. The maximum absolute atomic E-state index is 14.2. The zero-order chi connectivity index (χ0) is 17.0. The molecule has 0 radical (unpaired) electrons. The van der Waals surface area contributed by atoms with Gasteiger partial charge in [0, 0.05) is 25.2 Å². The molecule has 1 amide bonds. The molecule has 23 heavy (non-hydrogen) atoms. The molecule has 0 bridgehead atoms. The third-order valence-electron chi connectivity index (χ3n) is 3.88. The van der Waals surface area contributed by atoms with Gasteiger partial charge in [-0.25, -0.2) is 8.78 Å². The van der Waals surface area contributed by atoms with E-state index in [-0.39, 0.29) is 30.2 Å². The Morgan fingerprint density at radius 3 is 2.48 bits per heavy atom. The Balaban J connectivity index is 2.31. The van der Waals surface area contributed by atoms with Gasteiger partial charge >= 0.3 is 0 Å². The van der Waals surface area contributed by atoms with E-state index in [1.165, 1.54) is 18.2 Å². The van der Waals surface area contributed by atoms with Crippen molar-refractivity contribution in [1.82, 2.24) is 10.2 Å². The Kier molecular flexibility index (Phi) is 5.85. The number of hydrogen-bond donors (Lipinski definition) is 1. The number of carbonyl (C=O) groups excluding carboxylic acids is 1. The van der Waals surface area contributed by atoms with Crippen molar-refractivity contribution in [3.63, 3.8) is 0 Å². The van der Waals surface area contributed by atoms with Crippen molar-refractivity contribution in [1.29, 1.82) is 0 Å². The summed E-state index contributed by atoms with van der Waals surface area (Å²) in [5.74, 6) is -1.61. The first-order chi connectivity index (χ1) is 10.9. The topological polar surface area (TPSA) is 41.6 Å². The fourth-order valence-electron chi connectivity index (χ4n) is 2.98. The quantitative estimate of drug-likeness (QED) is 0.846. The number of ether oxygens (including phenoxy) is 1. The highest BCUT2D eigenvalue weighted by molar-refractivity contribution is 5.86. The molecule has 1 aliphatic heterocycles. The molecule has 1 aliphatic rings. The molecule has 1 fully saturated rings. The van der Waals surface area contributed by atoms with E-state index < -0.39 is 17.7 Å². The van der Waals surface area contributed by atoms with Crippen LogP contribution in [0.1, 0.15) is 25.5 Å². The van der Waals surface area contributed by atoms with Gasteiger partial charge < -0.3 is 10.1 Å². The smallest absolute Gasteiger partial charge is 0.243 e. The van der Waals surface area contributed by atoms with Gasteiger partial charge in [0.25, 0.3) is 0 Å². The molecule has 0 aromatic heterocycles. The molecular formula is C17H22F2N2O2. The molecule has 1 heterocycles. The molecule has 3 unspecified atom stereocenters. The van der Waals surface area contributed by atoms with Crippen LogP contribution in [0.3, 0.4) is 0 Å². The Hall–Kier alpha value is -1.79. The zero-order valence-corrected chi connectivity index (χ0v) is 13.4. The number of nitrogens with zero attached hydrogens (tertiary/aromatic N) is 1. The molecule has 4 nitrogen and oxygen atoms in total. The predicted octanol–water partition coefficient (Wildman–Crippen LogP) is 2.42. The Morgan fingerprint density at radius 2 is 1.96 bits per heavy atom. The number of halogens is 2. The second-order valence-electron chi connectivity index (χ2n) is 5.81. The average molecular weight is 324 g/mol. The summed E-state index contributed by atoms with van der Waals surface area (Å²) >= 11 is 0. The van der Waals surface area contributed by atoms with Crippen LogP contribution in [0, 0.1) is 11.6 Å². The summed E-state index contributed by atoms with van der Waals surface area (Å²) in [5, 5.41) is 2.64. The van der Waals surface area contributed by atoms with E-state index in [1.54, 1.807) is 0 Å². The molecule has 0 aliphatic carbocycles. The Labute approximate surface area is 135 Å². The van der Waals surface area contributed by atoms with Gasteiger partial charge in [-0.1, -0.05) is 12.6 Å². The largest absolute Gasteiger partial charge is 0.373 e. The fraction of sp³-hybridized carbons (Fsp3) is 0.471. The van der Waals surface area contributed by atoms with Crippen LogP contribution in [0.2, 0.25) is 0 Å². The minimum absolute atomic E-state index is 0.0295. The highest BCUT2D eigenvalue weighted by Crippen LogP contribution is 2.28. The van der Waals surface area contributed by atoms with E-state index in [1.807, 2.05) is 18.7 Å². The third-order valence-corrected chi connectivity index (χ3v) is 3.88. The van der Waals surface area contributed by atoms with E-state index in [4.69, 9.17) is 4.74 Å². The van der Waals surface area contributed by atoms with E-state index in [9.17, 15) is 13.6 Å². The van der Waals surface area contributed by atoms with E-state index in [0.717, 1.165) is 6.08 Å². The summed E-state index contributed by atoms with van der Waals surface area (Å²) < 4.78 is 34.1. The first kappa shape index (κ1) is 17.6. The number of benzene rings is 1. The van der Waals surface area contributed by atoms with Gasteiger partial charge in [-0.2, -0.15) is 0 Å². The molecule has 1 aromatic carbocycles. The molecule has 2 rings (SSSR count). The van der Waals surface area contributed by atoms with Crippen molar-refractivity contribution in [3.05, 3.63) is 48.1 Å². The summed E-state index contributed by atoms with van der Waals surface area (Å²) in [6.07, 6.45) is 1.04. The summed E-state index contributed by atoms with van der Waals surface area (Å²) in [6.45, 7) is 8.39. The third kappa shape index (κ3) is 4.36. The minimum atomic E-state index is -0.616. The molecule has 126 valence electrons. The van der Waals surface area contributed by atoms with Crippen LogP contribution >= 0.6 is 0 Å². The van der Waals surface area contributed by atoms with Crippen molar-refractivity contribution in [2.45, 2.75) is 32.1 Å². The molecule has 0 spiro atoms. The van der Waals surface area contributed by atoms with Crippen LogP contribution in [-0.2, 0) is 9.53 Å². The van der Waals surface area contributed by atoms with Crippen LogP contribution in [-0.4, -0.2) is 42.6 Å². The maximum Gasteiger partial charge on any atom is 0.243 e. The average Bonchev–Trinajstić information content (AvgIpc) is 2.48. The summed E-state index contributed by atoms with van der Waals surface area (Å²) in [4.78, 5) is 13.4. The molecule has 1 saturated heterocycles. The molecule has 6 heteroatoms. The first-order valence-electron chi connectivity index (χ1n) is 7.66. The highest BCUT2D eigenvalue weighted by atomic mass is 19.1. The van der Waals surface area contributed by atoms with Crippen LogP contribution in [0.25, 0.3) is 0 Å². The van der Waals surface area contributed by atoms with Crippen molar-refractivity contribution in [3.8, 4) is 0 Å². The molecule has 0 saturated carbocycles. The van der Waals surface area contributed by atoms with Gasteiger partial charge in [-0.3, -0.25) is 9.69 Å². The normalized spacial score (nSPS) is 23.3. The summed E-state index contributed by atoms with van der Waals surface area (Å²) in [6, 6.07) is 3.19. The van der Waals surface area contributed by atoms with Gasteiger partial charge in [0.1, 0.15) is 11.6 Å². The summed E-state index contributed by atoms with van der Waals surface area (Å²) in [5.41, 5.74) is -0.0295. The molecular weight excluding hydrogens is 302 g/mol. The molecule has 1 aromatic rings. The van der Waals surface area contributed by atoms with Crippen LogP contribution < -0.4 is 5.32 Å². The lowest BCUT2D eigenvalue weighted by atomic mass is 10.0. The number of carbonyl (C=O) groups is 1. The van der Waals surface area contributed by atoms with Crippen molar-refractivity contribution >= 4 is 5.91 Å². The van der Waals surface area contributed by atoms with Crippen LogP contribution in [0.5, 0.6) is 0 Å². The van der Waals surface area contributed by atoms with Gasteiger partial charge in [0.15, 0.2) is 0 Å². The second-order valence-corrected chi connectivity index (χ2v) is 5.81. The van der Waals surface area contributed by atoms with Crippen molar-refractivity contribution < 1.29 is 18.3 Å². The lowest BCUT2D eigenvalue weighted by Crippen LogP contribution is -2.49. The van der Waals surface area contributed by atoms with E-state index in [0.29, 0.717) is 13.1 Å². The van der Waals surface area contributed by atoms with Gasteiger partial charge in [-0.15, -0.1) is 0 Å². The van der Waals surface area contributed by atoms with E-state index in [2.05, 4.69) is 11.9 Å². The van der Waals surface area contributed by atoms with Crippen molar-refractivity contribution in [2.75, 3.05) is 19.6 Å². The van der Waals surface area contributed by atoms with Gasteiger partial charge in [0.2, 0.25) is 5.91 Å². The first-order valence-corrected chi connectivity index (χ1v) is 7.66. The fourth-order valence-corrected chi connectivity index (χ4v) is 2.98. The molecule has 1 N–H and O–H groups in total. The number of amides is 1. The van der Waals surface area contributed by atoms with Gasteiger partial charge in [-0.05, 0) is 32.1 Å². The Morgan fingerprint density at radius 1 is 1.39 bits per heavy atom. The standard InChI is InChI=1S/C17H22F2N2O2/c1-4-16(22)20-8-15(17-13(18)6-5-7-14(17)19)21-9-11(2)23-12(3)10-21/h4-7,11-12,15H,1,8-10H2,2-3H3,(H,20,22). The maximum atomic E-state index is 14.2. The lowest BCUT2D eigenvalue weighted by Gasteiger charge is -2.40. The number of morpholine rings is 1.